The predicted octanol–water partition coefficient (Wildman–Crippen LogP) is 1.39. The number of likely N-dealkylation sites (tertiary alicyclic amines) is 1. The Balaban J connectivity index is 1.44. The standard InChI is InChI=1S/C25H27N5O6/c1-14-22(19(31)13-35-14)28-24(33)18(4-5-21(32)30-8-2-3-9-30)27-23-17-10-16-12-26-7-6-15(16)11-20(17)36-25(34)29-23/h6-7,10-12,14,18,22H,2-5,8-9,13H2,1H3,(H,28,33)(H,27,29,34). The first-order chi connectivity index (χ1) is 17.4. The Morgan fingerprint density at radius 1 is 1.19 bits per heavy atom. The number of pyridine rings is 1. The first kappa shape index (κ1) is 23.9. The molecule has 3 unspecified atom stereocenters. The molecular weight excluding hydrogens is 466 g/mol. The van der Waals surface area contributed by atoms with Gasteiger partial charge in [0.1, 0.15) is 30.1 Å². The summed E-state index contributed by atoms with van der Waals surface area (Å²) in [5, 5.41) is 7.92. The minimum absolute atomic E-state index is 0.0387. The Morgan fingerprint density at radius 3 is 2.75 bits per heavy atom. The van der Waals surface area contributed by atoms with Crippen molar-refractivity contribution in [1.82, 2.24) is 20.2 Å². The van der Waals surface area contributed by atoms with E-state index in [-0.39, 0.29) is 37.0 Å². The SMILES string of the molecule is CC1OCC(=O)C1NC(=O)C(CCC(=O)N1CCCC1)Nc1nc(=O)oc2cc3ccncc3cc12. The van der Waals surface area contributed by atoms with Crippen LogP contribution in [-0.2, 0) is 19.1 Å². The average molecular weight is 494 g/mol. The Labute approximate surface area is 206 Å². The van der Waals surface area contributed by atoms with Crippen LogP contribution in [0.5, 0.6) is 0 Å². The maximum Gasteiger partial charge on any atom is 0.441 e. The van der Waals surface area contributed by atoms with E-state index in [1.165, 1.54) is 0 Å². The Hall–Kier alpha value is -3.86. The van der Waals surface area contributed by atoms with Gasteiger partial charge in [0, 0.05) is 37.3 Å². The fourth-order valence-electron chi connectivity index (χ4n) is 4.70. The van der Waals surface area contributed by atoms with Crippen molar-refractivity contribution in [2.24, 2.45) is 0 Å². The molecule has 11 heteroatoms. The molecule has 0 aliphatic carbocycles. The average Bonchev–Trinajstić information content (AvgIpc) is 3.51. The van der Waals surface area contributed by atoms with Crippen LogP contribution in [0.3, 0.4) is 0 Å². The van der Waals surface area contributed by atoms with Gasteiger partial charge in [0.15, 0.2) is 5.78 Å². The summed E-state index contributed by atoms with van der Waals surface area (Å²) in [6, 6.07) is 3.57. The second-order valence-electron chi connectivity index (χ2n) is 9.19. The molecule has 1 aromatic carbocycles. The predicted molar refractivity (Wildman–Crippen MR) is 130 cm³/mol. The van der Waals surface area contributed by atoms with Gasteiger partial charge in [-0.2, -0.15) is 4.98 Å². The fourth-order valence-corrected chi connectivity index (χ4v) is 4.70. The first-order valence-electron chi connectivity index (χ1n) is 12.1. The number of ether oxygens (including phenoxy) is 1. The highest BCUT2D eigenvalue weighted by atomic mass is 16.5. The van der Waals surface area contributed by atoms with Crippen LogP contribution in [0.15, 0.2) is 39.8 Å². The second-order valence-corrected chi connectivity index (χ2v) is 9.19. The van der Waals surface area contributed by atoms with Gasteiger partial charge in [-0.3, -0.25) is 19.4 Å². The molecule has 0 radical (unpaired) electrons. The molecule has 0 spiro atoms. The fraction of sp³-hybridized carbons (Fsp3) is 0.440. The Morgan fingerprint density at radius 2 is 2.00 bits per heavy atom. The number of rotatable bonds is 7. The zero-order chi connectivity index (χ0) is 25.2. The van der Waals surface area contributed by atoms with Crippen LogP contribution >= 0.6 is 0 Å². The van der Waals surface area contributed by atoms with Gasteiger partial charge in [-0.1, -0.05) is 0 Å². The van der Waals surface area contributed by atoms with E-state index in [9.17, 15) is 19.2 Å². The Kier molecular flexibility index (Phi) is 6.64. The Bertz CT molecular complexity index is 1380. The number of benzene rings is 1. The number of aromatic nitrogens is 2. The lowest BCUT2D eigenvalue weighted by Crippen LogP contribution is -2.50. The van der Waals surface area contributed by atoms with Crippen molar-refractivity contribution in [3.05, 3.63) is 41.1 Å². The van der Waals surface area contributed by atoms with Crippen LogP contribution < -0.4 is 16.4 Å². The topological polar surface area (TPSA) is 144 Å². The van der Waals surface area contributed by atoms with Gasteiger partial charge in [-0.15, -0.1) is 0 Å². The van der Waals surface area contributed by atoms with Crippen molar-refractivity contribution in [3.8, 4) is 0 Å². The lowest BCUT2D eigenvalue weighted by molar-refractivity contribution is -0.131. The molecule has 3 aromatic rings. The number of nitrogens with one attached hydrogen (secondary N) is 2. The number of ketones is 1. The minimum Gasteiger partial charge on any atom is -0.408 e. The molecule has 2 amide bonds. The van der Waals surface area contributed by atoms with E-state index in [4.69, 9.17) is 9.15 Å². The zero-order valence-electron chi connectivity index (χ0n) is 19.9. The van der Waals surface area contributed by atoms with Gasteiger partial charge >= 0.3 is 5.76 Å². The number of nitrogens with zero attached hydrogens (tertiary/aromatic N) is 3. The number of amides is 2. The molecule has 4 heterocycles. The molecule has 0 saturated carbocycles. The van der Waals surface area contributed by atoms with Crippen LogP contribution in [-0.4, -0.2) is 70.3 Å². The third kappa shape index (κ3) is 4.92. The third-order valence-corrected chi connectivity index (χ3v) is 6.73. The lowest BCUT2D eigenvalue weighted by Gasteiger charge is -2.23. The summed E-state index contributed by atoms with van der Waals surface area (Å²) in [5.74, 6) is -1.40. The van der Waals surface area contributed by atoms with E-state index in [2.05, 4.69) is 20.6 Å². The molecule has 188 valence electrons. The van der Waals surface area contributed by atoms with Gasteiger partial charge in [-0.05, 0) is 49.8 Å². The summed E-state index contributed by atoms with van der Waals surface area (Å²) in [4.78, 5) is 60.3. The van der Waals surface area contributed by atoms with E-state index in [1.54, 1.807) is 42.4 Å². The highest BCUT2D eigenvalue weighted by Crippen LogP contribution is 2.26. The largest absolute Gasteiger partial charge is 0.441 e. The van der Waals surface area contributed by atoms with Crippen molar-refractivity contribution in [2.45, 2.75) is 50.8 Å². The zero-order valence-corrected chi connectivity index (χ0v) is 19.9. The van der Waals surface area contributed by atoms with Gasteiger partial charge in [0.2, 0.25) is 11.8 Å². The number of anilines is 1. The molecule has 0 bridgehead atoms. The smallest absolute Gasteiger partial charge is 0.408 e. The highest BCUT2D eigenvalue weighted by Gasteiger charge is 2.36. The van der Waals surface area contributed by atoms with E-state index in [0.717, 1.165) is 23.6 Å². The second kappa shape index (κ2) is 10.0. The molecule has 2 fully saturated rings. The van der Waals surface area contributed by atoms with Crippen LogP contribution in [0.4, 0.5) is 5.82 Å². The van der Waals surface area contributed by atoms with Gasteiger partial charge in [0.25, 0.3) is 0 Å². The summed E-state index contributed by atoms with van der Waals surface area (Å²) in [6.45, 7) is 3.07. The summed E-state index contributed by atoms with van der Waals surface area (Å²) in [6.07, 6.45) is 5.06. The van der Waals surface area contributed by atoms with Crippen LogP contribution in [0.1, 0.15) is 32.6 Å². The van der Waals surface area contributed by atoms with Crippen LogP contribution in [0.2, 0.25) is 0 Å². The van der Waals surface area contributed by atoms with Crippen molar-refractivity contribution < 1.29 is 23.5 Å². The van der Waals surface area contributed by atoms with Gasteiger partial charge in [0.05, 0.1) is 11.5 Å². The number of hydrogen-bond donors (Lipinski definition) is 2. The molecule has 2 aliphatic heterocycles. The highest BCUT2D eigenvalue weighted by molar-refractivity contribution is 6.01. The van der Waals surface area contributed by atoms with E-state index in [0.29, 0.717) is 24.1 Å². The molecule has 2 aromatic heterocycles. The third-order valence-electron chi connectivity index (χ3n) is 6.73. The van der Waals surface area contributed by atoms with Crippen molar-refractivity contribution in [2.75, 3.05) is 25.0 Å². The molecule has 11 nitrogen and oxygen atoms in total. The molecule has 2 aliphatic rings. The maximum atomic E-state index is 13.3. The molecule has 2 N–H and O–H groups in total. The maximum absolute atomic E-state index is 13.3. The van der Waals surface area contributed by atoms with Crippen molar-refractivity contribution in [1.29, 1.82) is 0 Å². The van der Waals surface area contributed by atoms with E-state index < -0.39 is 29.9 Å². The van der Waals surface area contributed by atoms with Crippen LogP contribution in [0.25, 0.3) is 21.7 Å². The monoisotopic (exact) mass is 493 g/mol. The normalized spacial score (nSPS) is 20.7. The summed E-state index contributed by atoms with van der Waals surface area (Å²) < 4.78 is 10.6. The number of Topliss-reactive ketones (excluding diaryl/α,β-unsaturated/α-hetero) is 1. The van der Waals surface area contributed by atoms with Gasteiger partial charge < -0.3 is 24.7 Å². The molecule has 3 atom stereocenters. The number of carbonyl (C=O) groups excluding carboxylic acids is 3. The van der Waals surface area contributed by atoms with Crippen LogP contribution in [0, 0.1) is 0 Å². The summed E-state index contributed by atoms with van der Waals surface area (Å²) in [7, 11) is 0. The quantitative estimate of drug-likeness (QED) is 0.467. The lowest BCUT2D eigenvalue weighted by atomic mass is 10.1. The summed E-state index contributed by atoms with van der Waals surface area (Å²) in [5.41, 5.74) is 0.302. The molecule has 2 saturated heterocycles. The summed E-state index contributed by atoms with van der Waals surface area (Å²) >= 11 is 0. The molecule has 36 heavy (non-hydrogen) atoms. The first-order valence-corrected chi connectivity index (χ1v) is 12.1. The van der Waals surface area contributed by atoms with E-state index >= 15 is 0 Å². The minimum atomic E-state index is -0.931. The molecular formula is C25H27N5O6. The van der Waals surface area contributed by atoms with E-state index in [1.807, 2.05) is 0 Å². The van der Waals surface area contributed by atoms with Crippen molar-refractivity contribution >= 4 is 45.2 Å². The number of fused-ring (bicyclic) bond motifs is 2. The van der Waals surface area contributed by atoms with Gasteiger partial charge in [-0.25, -0.2) is 4.79 Å². The molecule has 5 rings (SSSR count). The van der Waals surface area contributed by atoms with Crippen molar-refractivity contribution in [3.63, 3.8) is 0 Å². The number of carbonyl (C=O) groups is 3. The number of hydrogen-bond acceptors (Lipinski definition) is 9.